The van der Waals surface area contributed by atoms with Gasteiger partial charge in [-0.2, -0.15) is 0 Å². The molecular formula is C15H13NO5. The van der Waals surface area contributed by atoms with Gasteiger partial charge in [-0.1, -0.05) is 18.2 Å². The Morgan fingerprint density at radius 3 is 2.81 bits per heavy atom. The van der Waals surface area contributed by atoms with Crippen molar-refractivity contribution in [3.63, 3.8) is 0 Å². The first-order valence-corrected chi connectivity index (χ1v) is 6.64. The maximum atomic E-state index is 12.4. The molecule has 1 fully saturated rings. The second-order valence-electron chi connectivity index (χ2n) is 4.98. The van der Waals surface area contributed by atoms with Crippen LogP contribution in [-0.4, -0.2) is 34.5 Å². The Morgan fingerprint density at radius 1 is 1.29 bits per heavy atom. The molecule has 1 saturated heterocycles. The molecule has 108 valence electrons. The largest absolute Gasteiger partial charge is 0.480 e. The highest BCUT2D eigenvalue weighted by atomic mass is 16.4. The maximum absolute atomic E-state index is 12.4. The Balaban J connectivity index is 2.03. The van der Waals surface area contributed by atoms with Crippen LogP contribution in [0.2, 0.25) is 0 Å². The van der Waals surface area contributed by atoms with Crippen molar-refractivity contribution in [2.24, 2.45) is 0 Å². The van der Waals surface area contributed by atoms with Gasteiger partial charge in [-0.25, -0.2) is 9.59 Å². The molecule has 2 heterocycles. The number of rotatable bonds is 2. The average Bonchev–Trinajstić information content (AvgIpc) is 2.95. The zero-order valence-corrected chi connectivity index (χ0v) is 11.1. The quantitative estimate of drug-likeness (QED) is 0.845. The van der Waals surface area contributed by atoms with Crippen molar-refractivity contribution in [2.45, 2.75) is 18.9 Å². The molecule has 2 aromatic rings. The van der Waals surface area contributed by atoms with Gasteiger partial charge in [0, 0.05) is 11.9 Å². The standard InChI is InChI=1S/C15H13NO5/c17-13(16-7-3-5-11(16)14(18)19)10-8-9-4-1-2-6-12(9)21-15(10)20/h1-2,4,6,8,11H,3,5,7H2,(H,18,19)/t11-/m0/s1. The van der Waals surface area contributed by atoms with E-state index in [-0.39, 0.29) is 5.56 Å². The van der Waals surface area contributed by atoms with Crippen LogP contribution in [0.1, 0.15) is 23.2 Å². The van der Waals surface area contributed by atoms with Gasteiger partial charge in [-0.15, -0.1) is 0 Å². The minimum absolute atomic E-state index is 0.123. The van der Waals surface area contributed by atoms with Gasteiger partial charge in [-0.3, -0.25) is 4.79 Å². The summed E-state index contributed by atoms with van der Waals surface area (Å²) in [5, 5.41) is 9.76. The van der Waals surface area contributed by atoms with E-state index in [1.807, 2.05) is 0 Å². The molecule has 0 spiro atoms. The number of carboxylic acid groups (broad SMARTS) is 1. The Bertz CT molecular complexity index is 779. The van der Waals surface area contributed by atoms with Crippen LogP contribution >= 0.6 is 0 Å². The van der Waals surface area contributed by atoms with Crippen molar-refractivity contribution in [3.8, 4) is 0 Å². The lowest BCUT2D eigenvalue weighted by Gasteiger charge is -2.20. The number of carboxylic acids is 1. The number of carbonyl (C=O) groups is 2. The Morgan fingerprint density at radius 2 is 2.05 bits per heavy atom. The van der Waals surface area contributed by atoms with E-state index in [4.69, 9.17) is 9.52 Å². The fourth-order valence-corrected chi connectivity index (χ4v) is 2.63. The smallest absolute Gasteiger partial charge is 0.349 e. The number of nitrogens with zero attached hydrogens (tertiary/aromatic N) is 1. The number of hydrogen-bond donors (Lipinski definition) is 1. The highest BCUT2D eigenvalue weighted by molar-refractivity contribution is 5.98. The van der Waals surface area contributed by atoms with Crippen molar-refractivity contribution in [2.75, 3.05) is 6.54 Å². The molecule has 0 aliphatic carbocycles. The number of aliphatic carboxylic acids is 1. The summed E-state index contributed by atoms with van der Waals surface area (Å²) in [6.45, 7) is 0.335. The number of likely N-dealkylation sites (tertiary alicyclic amines) is 1. The van der Waals surface area contributed by atoms with Crippen LogP contribution in [0.3, 0.4) is 0 Å². The highest BCUT2D eigenvalue weighted by Crippen LogP contribution is 2.21. The molecule has 1 aromatic carbocycles. The van der Waals surface area contributed by atoms with Crippen LogP contribution in [0, 0.1) is 0 Å². The molecule has 1 aliphatic rings. The molecule has 1 aromatic heterocycles. The van der Waals surface area contributed by atoms with Crippen LogP contribution in [0.4, 0.5) is 0 Å². The molecular weight excluding hydrogens is 274 g/mol. The third-order valence-corrected chi connectivity index (χ3v) is 3.67. The summed E-state index contributed by atoms with van der Waals surface area (Å²) in [6, 6.07) is 7.46. The predicted molar refractivity (Wildman–Crippen MR) is 74.2 cm³/mol. The molecule has 1 N–H and O–H groups in total. The van der Waals surface area contributed by atoms with E-state index in [2.05, 4.69) is 0 Å². The van der Waals surface area contributed by atoms with Gasteiger partial charge in [0.25, 0.3) is 5.91 Å². The number of benzene rings is 1. The van der Waals surface area contributed by atoms with Crippen molar-refractivity contribution in [1.29, 1.82) is 0 Å². The lowest BCUT2D eigenvalue weighted by atomic mass is 10.1. The van der Waals surface area contributed by atoms with Crippen LogP contribution in [0.25, 0.3) is 11.0 Å². The van der Waals surface area contributed by atoms with Crippen LogP contribution in [0.15, 0.2) is 39.5 Å². The normalized spacial score (nSPS) is 18.1. The monoisotopic (exact) mass is 287 g/mol. The number of amides is 1. The second kappa shape index (κ2) is 5.05. The number of hydrogen-bond acceptors (Lipinski definition) is 4. The van der Waals surface area contributed by atoms with Crippen LogP contribution in [-0.2, 0) is 4.79 Å². The Kier molecular flexibility index (Phi) is 3.21. The maximum Gasteiger partial charge on any atom is 0.349 e. The summed E-state index contributed by atoms with van der Waals surface area (Å²) in [5.74, 6) is -1.63. The first kappa shape index (κ1) is 13.4. The minimum atomic E-state index is -1.05. The molecule has 1 amide bonds. The lowest BCUT2D eigenvalue weighted by molar-refractivity contribution is -0.141. The molecule has 21 heavy (non-hydrogen) atoms. The van der Waals surface area contributed by atoms with Gasteiger partial charge >= 0.3 is 11.6 Å². The van der Waals surface area contributed by atoms with Crippen molar-refractivity contribution < 1.29 is 19.1 Å². The van der Waals surface area contributed by atoms with Gasteiger partial charge in [0.05, 0.1) is 0 Å². The van der Waals surface area contributed by atoms with Gasteiger partial charge < -0.3 is 14.4 Å². The molecule has 0 saturated carbocycles. The average molecular weight is 287 g/mol. The van der Waals surface area contributed by atoms with Crippen LogP contribution < -0.4 is 5.63 Å². The van der Waals surface area contributed by atoms with Crippen molar-refractivity contribution in [3.05, 3.63) is 46.3 Å². The summed E-state index contributed by atoms with van der Waals surface area (Å²) in [7, 11) is 0. The van der Waals surface area contributed by atoms with Gasteiger partial charge in [0.1, 0.15) is 17.2 Å². The molecule has 6 nitrogen and oxygen atoms in total. The SMILES string of the molecule is O=C(O)[C@@H]1CCCN1C(=O)c1cc2ccccc2oc1=O. The first-order chi connectivity index (χ1) is 10.1. The van der Waals surface area contributed by atoms with Gasteiger partial charge in [0.15, 0.2) is 0 Å². The summed E-state index contributed by atoms with van der Waals surface area (Å²) in [6.07, 6.45) is 1.02. The lowest BCUT2D eigenvalue weighted by Crippen LogP contribution is -2.41. The van der Waals surface area contributed by atoms with E-state index >= 15 is 0 Å². The summed E-state index contributed by atoms with van der Waals surface area (Å²) >= 11 is 0. The van der Waals surface area contributed by atoms with E-state index in [1.165, 1.54) is 11.0 Å². The van der Waals surface area contributed by atoms with E-state index in [9.17, 15) is 14.4 Å². The molecule has 0 radical (unpaired) electrons. The summed E-state index contributed by atoms with van der Waals surface area (Å²) in [5.41, 5.74) is -0.466. The minimum Gasteiger partial charge on any atom is -0.480 e. The summed E-state index contributed by atoms with van der Waals surface area (Å²) < 4.78 is 5.12. The zero-order chi connectivity index (χ0) is 15.0. The van der Waals surface area contributed by atoms with Gasteiger partial charge in [0.2, 0.25) is 0 Å². The van der Waals surface area contributed by atoms with E-state index in [1.54, 1.807) is 24.3 Å². The van der Waals surface area contributed by atoms with E-state index in [0.29, 0.717) is 30.4 Å². The molecule has 0 unspecified atom stereocenters. The fraction of sp³-hybridized carbons (Fsp3) is 0.267. The third kappa shape index (κ3) is 2.29. The number of carbonyl (C=O) groups excluding carboxylic acids is 1. The second-order valence-corrected chi connectivity index (χ2v) is 4.98. The van der Waals surface area contributed by atoms with Crippen molar-refractivity contribution in [1.82, 2.24) is 4.90 Å². The number of para-hydroxylation sites is 1. The van der Waals surface area contributed by atoms with Crippen molar-refractivity contribution >= 4 is 22.8 Å². The Labute approximate surface area is 119 Å². The van der Waals surface area contributed by atoms with E-state index < -0.39 is 23.5 Å². The predicted octanol–water partition coefficient (Wildman–Crippen LogP) is 1.48. The van der Waals surface area contributed by atoms with E-state index in [0.717, 1.165) is 0 Å². The fourth-order valence-electron chi connectivity index (χ4n) is 2.63. The molecule has 0 bridgehead atoms. The summed E-state index contributed by atoms with van der Waals surface area (Å²) in [4.78, 5) is 36.8. The Hall–Kier alpha value is -2.63. The topological polar surface area (TPSA) is 87.8 Å². The molecule has 1 atom stereocenters. The van der Waals surface area contributed by atoms with Crippen LogP contribution in [0.5, 0.6) is 0 Å². The molecule has 3 rings (SSSR count). The highest BCUT2D eigenvalue weighted by Gasteiger charge is 2.35. The molecule has 6 heteroatoms. The first-order valence-electron chi connectivity index (χ1n) is 6.64. The third-order valence-electron chi connectivity index (χ3n) is 3.67. The van der Waals surface area contributed by atoms with Gasteiger partial charge in [-0.05, 0) is 25.0 Å². The molecule has 1 aliphatic heterocycles. The zero-order valence-electron chi connectivity index (χ0n) is 11.1. The number of fused-ring (bicyclic) bond motifs is 1.